The van der Waals surface area contributed by atoms with Crippen molar-refractivity contribution < 1.29 is 4.92 Å². The number of fused-ring (bicyclic) bond motifs is 1. The van der Waals surface area contributed by atoms with Crippen molar-refractivity contribution in [1.29, 1.82) is 5.26 Å². The van der Waals surface area contributed by atoms with Crippen LogP contribution in [0.15, 0.2) is 42.5 Å². The van der Waals surface area contributed by atoms with Gasteiger partial charge in [0.2, 0.25) is 0 Å². The molecule has 1 aromatic heterocycles. The Bertz CT molecular complexity index is 1090. The lowest BCUT2D eigenvalue weighted by Crippen LogP contribution is -2.47. The van der Waals surface area contributed by atoms with Gasteiger partial charge < -0.3 is 9.80 Å². The summed E-state index contributed by atoms with van der Waals surface area (Å²) in [5, 5.41) is 20.9. The van der Waals surface area contributed by atoms with Gasteiger partial charge in [-0.2, -0.15) is 5.26 Å². The zero-order valence-corrected chi connectivity index (χ0v) is 15.5. The highest BCUT2D eigenvalue weighted by molar-refractivity contribution is 6.31. The molecule has 0 atom stereocenters. The van der Waals surface area contributed by atoms with Crippen molar-refractivity contribution in [2.24, 2.45) is 0 Å². The van der Waals surface area contributed by atoms with Gasteiger partial charge in [0.1, 0.15) is 6.07 Å². The van der Waals surface area contributed by atoms with E-state index in [1.807, 2.05) is 4.90 Å². The normalized spacial score (nSPS) is 14.1. The number of nitro benzene ring substituents is 1. The summed E-state index contributed by atoms with van der Waals surface area (Å²) >= 11 is 6.00. The van der Waals surface area contributed by atoms with Crippen LogP contribution in [0.1, 0.15) is 5.69 Å². The van der Waals surface area contributed by atoms with Crippen molar-refractivity contribution in [2.45, 2.75) is 0 Å². The highest BCUT2D eigenvalue weighted by atomic mass is 35.5. The van der Waals surface area contributed by atoms with Crippen molar-refractivity contribution >= 4 is 39.8 Å². The summed E-state index contributed by atoms with van der Waals surface area (Å²) in [7, 11) is 0. The Hall–Kier alpha value is -3.44. The summed E-state index contributed by atoms with van der Waals surface area (Å²) in [6.07, 6.45) is 0. The number of hydrogen-bond acceptors (Lipinski definition) is 7. The Morgan fingerprint density at radius 1 is 1.00 bits per heavy atom. The van der Waals surface area contributed by atoms with Crippen molar-refractivity contribution in [1.82, 2.24) is 9.97 Å². The second-order valence-electron chi connectivity index (χ2n) is 6.39. The number of non-ortho nitro benzene ring substituents is 1. The lowest BCUT2D eigenvalue weighted by atomic mass is 10.2. The van der Waals surface area contributed by atoms with Crippen LogP contribution in [0.25, 0.3) is 11.0 Å². The van der Waals surface area contributed by atoms with Gasteiger partial charge in [0.25, 0.3) is 5.69 Å². The van der Waals surface area contributed by atoms with E-state index in [0.29, 0.717) is 48.1 Å². The van der Waals surface area contributed by atoms with E-state index in [2.05, 4.69) is 20.9 Å². The molecule has 4 rings (SSSR count). The van der Waals surface area contributed by atoms with Gasteiger partial charge in [-0.05, 0) is 30.3 Å². The van der Waals surface area contributed by atoms with Gasteiger partial charge >= 0.3 is 0 Å². The third-order valence-corrected chi connectivity index (χ3v) is 4.95. The standard InChI is InChI=1S/C19H15ClN6O2/c20-13-1-6-16-17(11-13)22-18(12-21)19(23-16)25-9-7-24(8-10-25)14-2-4-15(5-3-14)26(27)28/h1-6,11H,7-10H2. The molecule has 1 fully saturated rings. The van der Waals surface area contributed by atoms with E-state index >= 15 is 0 Å². The van der Waals surface area contributed by atoms with Crippen molar-refractivity contribution in [3.63, 3.8) is 0 Å². The molecule has 0 bridgehead atoms. The predicted octanol–water partition coefficient (Wildman–Crippen LogP) is 3.39. The van der Waals surface area contributed by atoms with Crippen LogP contribution < -0.4 is 9.80 Å². The predicted molar refractivity (Wildman–Crippen MR) is 107 cm³/mol. The molecule has 140 valence electrons. The summed E-state index contributed by atoms with van der Waals surface area (Å²) < 4.78 is 0. The number of piperazine rings is 1. The zero-order valence-electron chi connectivity index (χ0n) is 14.7. The molecule has 0 spiro atoms. The summed E-state index contributed by atoms with van der Waals surface area (Å²) in [5.74, 6) is 0.570. The van der Waals surface area contributed by atoms with Crippen LogP contribution in [-0.4, -0.2) is 41.1 Å². The number of nitriles is 1. The van der Waals surface area contributed by atoms with Gasteiger partial charge in [-0.25, -0.2) is 9.97 Å². The average Bonchev–Trinajstić information content (AvgIpc) is 2.73. The largest absolute Gasteiger partial charge is 0.368 e. The van der Waals surface area contributed by atoms with Crippen LogP contribution in [0.4, 0.5) is 17.2 Å². The molecule has 1 aliphatic heterocycles. The highest BCUT2D eigenvalue weighted by Gasteiger charge is 2.22. The number of nitrogens with zero attached hydrogens (tertiary/aromatic N) is 6. The van der Waals surface area contributed by atoms with E-state index < -0.39 is 4.92 Å². The minimum Gasteiger partial charge on any atom is -0.368 e. The number of halogens is 1. The smallest absolute Gasteiger partial charge is 0.269 e. The minimum absolute atomic E-state index is 0.0765. The average molecular weight is 395 g/mol. The van der Waals surface area contributed by atoms with Gasteiger partial charge in [0.15, 0.2) is 11.5 Å². The number of nitro groups is 1. The maximum absolute atomic E-state index is 10.8. The third kappa shape index (κ3) is 3.40. The number of anilines is 2. The molecule has 0 N–H and O–H groups in total. The fourth-order valence-corrected chi connectivity index (χ4v) is 3.44. The van der Waals surface area contributed by atoms with E-state index in [-0.39, 0.29) is 11.4 Å². The van der Waals surface area contributed by atoms with Gasteiger partial charge in [0.05, 0.1) is 16.0 Å². The number of hydrogen-bond donors (Lipinski definition) is 0. The molecule has 28 heavy (non-hydrogen) atoms. The summed E-state index contributed by atoms with van der Waals surface area (Å²) in [6.45, 7) is 2.75. The summed E-state index contributed by atoms with van der Waals surface area (Å²) in [6, 6.07) is 13.9. The van der Waals surface area contributed by atoms with E-state index in [9.17, 15) is 15.4 Å². The van der Waals surface area contributed by atoms with Gasteiger partial charge in [-0.15, -0.1) is 0 Å². The summed E-state index contributed by atoms with van der Waals surface area (Å²) in [4.78, 5) is 23.6. The number of rotatable bonds is 3. The first-order valence-electron chi connectivity index (χ1n) is 8.67. The lowest BCUT2D eigenvalue weighted by molar-refractivity contribution is -0.384. The maximum Gasteiger partial charge on any atom is 0.269 e. The molecular formula is C19H15ClN6O2. The molecule has 0 amide bonds. The highest BCUT2D eigenvalue weighted by Crippen LogP contribution is 2.25. The van der Waals surface area contributed by atoms with E-state index in [1.54, 1.807) is 30.3 Å². The van der Waals surface area contributed by atoms with E-state index in [4.69, 9.17) is 11.6 Å². The minimum atomic E-state index is -0.406. The fourth-order valence-electron chi connectivity index (χ4n) is 3.28. The van der Waals surface area contributed by atoms with Crippen LogP contribution in [0.5, 0.6) is 0 Å². The topological polar surface area (TPSA) is 99.2 Å². The molecule has 2 aromatic carbocycles. The monoisotopic (exact) mass is 394 g/mol. The SMILES string of the molecule is N#Cc1nc2cc(Cl)ccc2nc1N1CCN(c2ccc([N+](=O)[O-])cc2)CC1. The van der Waals surface area contributed by atoms with Crippen LogP contribution >= 0.6 is 11.6 Å². The van der Waals surface area contributed by atoms with Gasteiger partial charge in [-0.3, -0.25) is 10.1 Å². The van der Waals surface area contributed by atoms with E-state index in [1.165, 1.54) is 12.1 Å². The molecule has 0 saturated carbocycles. The second kappa shape index (κ2) is 7.29. The molecular weight excluding hydrogens is 380 g/mol. The lowest BCUT2D eigenvalue weighted by Gasteiger charge is -2.36. The molecule has 8 nitrogen and oxygen atoms in total. The molecule has 0 radical (unpaired) electrons. The van der Waals surface area contributed by atoms with E-state index in [0.717, 1.165) is 5.69 Å². The molecule has 0 unspecified atom stereocenters. The van der Waals surface area contributed by atoms with Gasteiger partial charge in [-0.1, -0.05) is 11.6 Å². The Balaban J connectivity index is 1.54. The molecule has 1 saturated heterocycles. The van der Waals surface area contributed by atoms with Crippen LogP contribution in [0.3, 0.4) is 0 Å². The zero-order chi connectivity index (χ0) is 19.7. The number of benzene rings is 2. The van der Waals surface area contributed by atoms with Crippen molar-refractivity contribution in [2.75, 3.05) is 36.0 Å². The Labute approximate surface area is 165 Å². The van der Waals surface area contributed by atoms with Crippen molar-refractivity contribution in [3.8, 4) is 6.07 Å². The molecule has 2 heterocycles. The summed E-state index contributed by atoms with van der Waals surface area (Å²) in [5.41, 5.74) is 2.57. The van der Waals surface area contributed by atoms with Crippen LogP contribution in [0.2, 0.25) is 5.02 Å². The second-order valence-corrected chi connectivity index (χ2v) is 6.82. The molecule has 1 aliphatic rings. The van der Waals surface area contributed by atoms with Gasteiger partial charge in [0, 0.05) is 49.0 Å². The van der Waals surface area contributed by atoms with Crippen LogP contribution in [0, 0.1) is 21.4 Å². The third-order valence-electron chi connectivity index (χ3n) is 4.72. The Kier molecular flexibility index (Phi) is 4.67. The van der Waals surface area contributed by atoms with Crippen LogP contribution in [-0.2, 0) is 0 Å². The van der Waals surface area contributed by atoms with Crippen molar-refractivity contribution in [3.05, 3.63) is 63.3 Å². The number of aromatic nitrogens is 2. The Morgan fingerprint density at radius 2 is 1.68 bits per heavy atom. The fraction of sp³-hybridized carbons (Fsp3) is 0.211. The quantitative estimate of drug-likeness (QED) is 0.495. The molecule has 0 aliphatic carbocycles. The first kappa shape index (κ1) is 17.9. The molecule has 9 heteroatoms. The first-order valence-corrected chi connectivity index (χ1v) is 9.05. The first-order chi connectivity index (χ1) is 13.5. The molecule has 3 aromatic rings. The Morgan fingerprint density at radius 3 is 2.32 bits per heavy atom. The maximum atomic E-state index is 10.8.